The van der Waals surface area contributed by atoms with E-state index >= 15 is 0 Å². The lowest BCUT2D eigenvalue weighted by molar-refractivity contribution is -0.138. The fraction of sp³-hybridized carbons (Fsp3) is 0.920. The largest absolute Gasteiger partial charge is 0.481 e. The maximum Gasteiger partial charge on any atom is 0.303 e. The number of aliphatic carboxylic acids is 1. The van der Waals surface area contributed by atoms with E-state index in [9.17, 15) is 9.59 Å². The SMILES string of the molecule is O=C(O)CCC(=O)NCCCOCCOCCOCCOCCOCCOCCOCCOCCOCCI. The van der Waals surface area contributed by atoms with Gasteiger partial charge in [-0.15, -0.1) is 0 Å². The number of carbonyl (C=O) groups excluding carboxylic acids is 1. The van der Waals surface area contributed by atoms with Gasteiger partial charge in [-0.1, -0.05) is 22.6 Å². The van der Waals surface area contributed by atoms with Gasteiger partial charge >= 0.3 is 5.97 Å². The van der Waals surface area contributed by atoms with E-state index in [0.717, 1.165) is 11.0 Å². The van der Waals surface area contributed by atoms with Gasteiger partial charge in [0.2, 0.25) is 5.91 Å². The minimum absolute atomic E-state index is 0.00591. The summed E-state index contributed by atoms with van der Waals surface area (Å²) in [5.41, 5.74) is 0. The number of carboxylic acid groups (broad SMARTS) is 1. The van der Waals surface area contributed by atoms with Crippen LogP contribution in [0.3, 0.4) is 0 Å². The fourth-order valence-electron chi connectivity index (χ4n) is 2.63. The van der Waals surface area contributed by atoms with Gasteiger partial charge in [0, 0.05) is 24.0 Å². The number of carbonyl (C=O) groups is 2. The van der Waals surface area contributed by atoms with Gasteiger partial charge in [0.15, 0.2) is 0 Å². The van der Waals surface area contributed by atoms with Crippen LogP contribution in [0.4, 0.5) is 0 Å². The minimum atomic E-state index is -0.980. The molecule has 0 aliphatic heterocycles. The van der Waals surface area contributed by atoms with Crippen LogP contribution >= 0.6 is 22.6 Å². The molecule has 0 heterocycles. The van der Waals surface area contributed by atoms with Crippen LogP contribution in [0.1, 0.15) is 19.3 Å². The van der Waals surface area contributed by atoms with E-state index in [-0.39, 0.29) is 18.7 Å². The zero-order chi connectivity index (χ0) is 28.5. The molecule has 0 bridgehead atoms. The number of amides is 1. The number of alkyl halides is 1. The summed E-state index contributed by atoms with van der Waals surface area (Å²) >= 11 is 2.27. The van der Waals surface area contributed by atoms with Gasteiger partial charge in [0.25, 0.3) is 0 Å². The molecule has 0 aromatic heterocycles. The standard InChI is InChI=1S/C25H48INO12/c26-4-7-32-9-11-34-13-15-36-17-19-38-21-23-39-22-20-37-18-16-35-14-12-33-10-8-31-6-1-5-27-24(28)2-3-25(29)30/h1-23H2,(H,27,28)(H,29,30). The molecule has 0 aromatic carbocycles. The number of hydrogen-bond acceptors (Lipinski definition) is 11. The maximum atomic E-state index is 11.3. The smallest absolute Gasteiger partial charge is 0.303 e. The summed E-state index contributed by atoms with van der Waals surface area (Å²) in [5.74, 6) is -1.24. The van der Waals surface area contributed by atoms with Crippen LogP contribution in [0.5, 0.6) is 0 Å². The van der Waals surface area contributed by atoms with Crippen molar-refractivity contribution in [3.8, 4) is 0 Å². The van der Waals surface area contributed by atoms with Crippen molar-refractivity contribution in [2.75, 3.05) is 130 Å². The molecular formula is C25H48INO12. The lowest BCUT2D eigenvalue weighted by Crippen LogP contribution is -2.25. The minimum Gasteiger partial charge on any atom is -0.481 e. The Balaban J connectivity index is 3.07. The van der Waals surface area contributed by atoms with Gasteiger partial charge in [-0.2, -0.15) is 0 Å². The Bertz CT molecular complexity index is 533. The van der Waals surface area contributed by atoms with Crippen molar-refractivity contribution >= 4 is 34.5 Å². The van der Waals surface area contributed by atoms with Crippen molar-refractivity contribution in [2.24, 2.45) is 0 Å². The first-order chi connectivity index (χ1) is 19.2. The monoisotopic (exact) mass is 681 g/mol. The average molecular weight is 682 g/mol. The van der Waals surface area contributed by atoms with Gasteiger partial charge in [-0.3, -0.25) is 9.59 Å². The molecule has 0 spiro atoms. The molecule has 0 rings (SSSR count). The summed E-state index contributed by atoms with van der Waals surface area (Å²) in [6, 6.07) is 0. The molecule has 0 aliphatic carbocycles. The van der Waals surface area contributed by atoms with E-state index in [1.807, 2.05) is 0 Å². The Labute approximate surface area is 245 Å². The predicted octanol–water partition coefficient (Wildman–Crippen LogP) is 0.942. The maximum absolute atomic E-state index is 11.3. The highest BCUT2D eigenvalue weighted by molar-refractivity contribution is 14.1. The molecule has 0 aliphatic rings. The molecule has 1 amide bonds. The topological polar surface area (TPSA) is 149 Å². The van der Waals surface area contributed by atoms with E-state index < -0.39 is 5.97 Å². The fourth-order valence-corrected chi connectivity index (χ4v) is 2.94. The van der Waals surface area contributed by atoms with Crippen molar-refractivity contribution in [3.05, 3.63) is 0 Å². The molecular weight excluding hydrogens is 633 g/mol. The van der Waals surface area contributed by atoms with Gasteiger partial charge in [-0.05, 0) is 6.42 Å². The van der Waals surface area contributed by atoms with Crippen molar-refractivity contribution in [2.45, 2.75) is 19.3 Å². The van der Waals surface area contributed by atoms with Crippen molar-refractivity contribution in [1.82, 2.24) is 5.32 Å². The van der Waals surface area contributed by atoms with Crippen LogP contribution in [0.25, 0.3) is 0 Å². The number of hydrogen-bond donors (Lipinski definition) is 2. The first kappa shape index (κ1) is 38.3. The highest BCUT2D eigenvalue weighted by atomic mass is 127. The molecule has 0 fully saturated rings. The molecule has 0 unspecified atom stereocenters. The van der Waals surface area contributed by atoms with E-state index in [1.54, 1.807) is 0 Å². The number of carboxylic acids is 1. The number of rotatable bonds is 33. The third kappa shape index (κ3) is 35.3. The molecule has 39 heavy (non-hydrogen) atoms. The highest BCUT2D eigenvalue weighted by Gasteiger charge is 2.04. The normalized spacial score (nSPS) is 11.2. The summed E-state index contributed by atoms with van der Waals surface area (Å²) in [4.78, 5) is 21.7. The Morgan fingerprint density at radius 2 is 0.795 bits per heavy atom. The molecule has 14 heteroatoms. The van der Waals surface area contributed by atoms with E-state index in [1.165, 1.54) is 0 Å². The second-order valence-corrected chi connectivity index (χ2v) is 8.88. The van der Waals surface area contributed by atoms with Gasteiger partial charge < -0.3 is 53.1 Å². The number of nitrogens with one attached hydrogen (secondary N) is 1. The lowest BCUT2D eigenvalue weighted by Gasteiger charge is -2.09. The van der Waals surface area contributed by atoms with E-state index in [4.69, 9.17) is 47.7 Å². The molecule has 0 radical (unpaired) electrons. The summed E-state index contributed by atoms with van der Waals surface area (Å²) in [6.45, 7) is 9.91. The number of ether oxygens (including phenoxy) is 9. The summed E-state index contributed by atoms with van der Waals surface area (Å²) in [7, 11) is 0. The van der Waals surface area contributed by atoms with Gasteiger partial charge in [0.1, 0.15) is 0 Å². The quantitative estimate of drug-likeness (QED) is 0.0577. The van der Waals surface area contributed by atoms with Crippen LogP contribution < -0.4 is 5.32 Å². The molecule has 232 valence electrons. The molecule has 0 aromatic rings. The van der Waals surface area contributed by atoms with Gasteiger partial charge in [-0.25, -0.2) is 0 Å². The third-order valence-corrected chi connectivity index (χ3v) is 4.99. The van der Waals surface area contributed by atoms with Crippen LogP contribution in [-0.2, 0) is 52.2 Å². The zero-order valence-corrected chi connectivity index (χ0v) is 25.2. The Hall–Kier alpha value is -0.690. The van der Waals surface area contributed by atoms with Crippen molar-refractivity contribution < 1.29 is 57.3 Å². The second kappa shape index (κ2) is 33.5. The Kier molecular flexibility index (Phi) is 32.9. The van der Waals surface area contributed by atoms with E-state index in [2.05, 4.69) is 27.9 Å². The summed E-state index contributed by atoms with van der Waals surface area (Å²) < 4.78 is 49.7. The Morgan fingerprint density at radius 3 is 1.10 bits per heavy atom. The lowest BCUT2D eigenvalue weighted by atomic mass is 10.3. The molecule has 13 nitrogen and oxygen atoms in total. The molecule has 0 saturated heterocycles. The Morgan fingerprint density at radius 1 is 0.487 bits per heavy atom. The zero-order valence-electron chi connectivity index (χ0n) is 23.1. The van der Waals surface area contributed by atoms with Crippen LogP contribution in [0, 0.1) is 0 Å². The average Bonchev–Trinajstić information content (AvgIpc) is 2.93. The van der Waals surface area contributed by atoms with Crippen LogP contribution in [0.15, 0.2) is 0 Å². The second-order valence-electron chi connectivity index (χ2n) is 7.80. The van der Waals surface area contributed by atoms with Gasteiger partial charge in [0.05, 0.1) is 119 Å². The van der Waals surface area contributed by atoms with E-state index in [0.29, 0.717) is 125 Å². The third-order valence-electron chi connectivity index (χ3n) is 4.55. The van der Waals surface area contributed by atoms with Crippen molar-refractivity contribution in [1.29, 1.82) is 0 Å². The van der Waals surface area contributed by atoms with Crippen LogP contribution in [-0.4, -0.2) is 147 Å². The van der Waals surface area contributed by atoms with Crippen molar-refractivity contribution in [3.63, 3.8) is 0 Å². The first-order valence-electron chi connectivity index (χ1n) is 13.4. The summed E-state index contributed by atoms with van der Waals surface area (Å²) in [5, 5.41) is 11.2. The highest BCUT2D eigenvalue weighted by Crippen LogP contribution is 1.90. The summed E-state index contributed by atoms with van der Waals surface area (Å²) in [6.07, 6.45) is 0.491. The molecule has 0 saturated carbocycles. The first-order valence-corrected chi connectivity index (χ1v) is 14.9. The molecule has 2 N–H and O–H groups in total. The predicted molar refractivity (Wildman–Crippen MR) is 151 cm³/mol. The number of halogens is 1. The van der Waals surface area contributed by atoms with Crippen LogP contribution in [0.2, 0.25) is 0 Å². The molecule has 0 atom stereocenters.